The van der Waals surface area contributed by atoms with E-state index >= 15 is 0 Å². The van der Waals surface area contributed by atoms with E-state index < -0.39 is 16.1 Å². The highest BCUT2D eigenvalue weighted by atomic mass is 35.5. The SMILES string of the molecule is CCNC(=O)[C@@H](Cc1ccccc1)N(Cc1ccc(Cl)cc1Cl)C(=O)CCCN(c1cccc(Cl)c1C)S(C)(=O)=O. The van der Waals surface area contributed by atoms with E-state index in [0.717, 1.165) is 11.8 Å². The summed E-state index contributed by atoms with van der Waals surface area (Å²) < 4.78 is 26.6. The molecule has 3 rings (SSSR count). The molecule has 2 amide bonds. The van der Waals surface area contributed by atoms with Crippen molar-refractivity contribution in [2.45, 2.75) is 45.7 Å². The van der Waals surface area contributed by atoms with E-state index in [4.69, 9.17) is 34.8 Å². The zero-order valence-corrected chi connectivity index (χ0v) is 26.3. The van der Waals surface area contributed by atoms with Crippen LogP contribution in [0.5, 0.6) is 0 Å². The largest absolute Gasteiger partial charge is 0.355 e. The van der Waals surface area contributed by atoms with Gasteiger partial charge in [0.1, 0.15) is 6.04 Å². The Bertz CT molecular complexity index is 1470. The Morgan fingerprint density at radius 1 is 0.951 bits per heavy atom. The van der Waals surface area contributed by atoms with Crippen LogP contribution in [0.4, 0.5) is 5.69 Å². The Hall–Kier alpha value is -2.78. The molecule has 0 aliphatic carbocycles. The number of anilines is 1. The zero-order valence-electron chi connectivity index (χ0n) is 23.2. The molecule has 41 heavy (non-hydrogen) atoms. The van der Waals surface area contributed by atoms with Crippen molar-refractivity contribution in [1.29, 1.82) is 0 Å². The normalized spacial score (nSPS) is 12.0. The molecule has 0 spiro atoms. The molecule has 7 nitrogen and oxygen atoms in total. The third kappa shape index (κ3) is 9.10. The van der Waals surface area contributed by atoms with Gasteiger partial charge in [0.2, 0.25) is 21.8 Å². The fraction of sp³-hybridized carbons (Fsp3) is 0.333. The van der Waals surface area contributed by atoms with Gasteiger partial charge < -0.3 is 10.2 Å². The summed E-state index contributed by atoms with van der Waals surface area (Å²) in [6, 6.07) is 18.7. The van der Waals surface area contributed by atoms with Crippen LogP contribution in [-0.2, 0) is 32.6 Å². The summed E-state index contributed by atoms with van der Waals surface area (Å²) in [6.07, 6.45) is 1.63. The van der Waals surface area contributed by atoms with Crippen LogP contribution in [0.1, 0.15) is 36.5 Å². The smallest absolute Gasteiger partial charge is 0.243 e. The highest BCUT2D eigenvalue weighted by Gasteiger charge is 2.31. The van der Waals surface area contributed by atoms with Crippen molar-refractivity contribution >= 4 is 62.3 Å². The first-order valence-electron chi connectivity index (χ1n) is 13.2. The molecule has 0 radical (unpaired) electrons. The van der Waals surface area contributed by atoms with E-state index in [-0.39, 0.29) is 37.7 Å². The highest BCUT2D eigenvalue weighted by molar-refractivity contribution is 7.92. The van der Waals surface area contributed by atoms with Gasteiger partial charge in [-0.05, 0) is 61.2 Å². The van der Waals surface area contributed by atoms with E-state index in [9.17, 15) is 18.0 Å². The molecule has 0 aliphatic heterocycles. The van der Waals surface area contributed by atoms with Crippen molar-refractivity contribution < 1.29 is 18.0 Å². The maximum absolute atomic E-state index is 13.8. The number of nitrogens with one attached hydrogen (secondary N) is 1. The molecule has 1 N–H and O–H groups in total. The summed E-state index contributed by atoms with van der Waals surface area (Å²) in [5.74, 6) is -0.596. The summed E-state index contributed by atoms with van der Waals surface area (Å²) in [6.45, 7) is 4.10. The molecule has 11 heteroatoms. The van der Waals surface area contributed by atoms with Gasteiger partial charge in [-0.15, -0.1) is 0 Å². The number of nitrogens with zero attached hydrogens (tertiary/aromatic N) is 2. The van der Waals surface area contributed by atoms with Crippen LogP contribution in [0.25, 0.3) is 0 Å². The molecule has 0 heterocycles. The second-order valence-corrected chi connectivity index (χ2v) is 12.8. The number of carbonyl (C=O) groups excluding carboxylic acids is 2. The van der Waals surface area contributed by atoms with Gasteiger partial charge in [0.05, 0.1) is 11.9 Å². The standard InChI is InChI=1S/C30H34Cl3N3O4S/c1-4-34-30(38)28(18-22-10-6-5-7-11-22)35(20-23-15-16-24(31)19-26(23)33)29(37)14-9-17-36(41(3,39)40)27-13-8-12-25(32)21(27)2/h5-8,10-13,15-16,19,28H,4,9,14,17-18,20H2,1-3H3,(H,34,38)/t28-/m1/s1. The van der Waals surface area contributed by atoms with Crippen molar-refractivity contribution in [2.75, 3.05) is 23.7 Å². The maximum Gasteiger partial charge on any atom is 0.243 e. The average molecular weight is 639 g/mol. The summed E-state index contributed by atoms with van der Waals surface area (Å²) >= 11 is 18.8. The molecule has 0 bridgehead atoms. The van der Waals surface area contributed by atoms with Crippen LogP contribution in [-0.4, -0.2) is 50.5 Å². The van der Waals surface area contributed by atoms with Crippen LogP contribution in [0.15, 0.2) is 66.7 Å². The number of sulfonamides is 1. The molecular weight excluding hydrogens is 605 g/mol. The first-order valence-corrected chi connectivity index (χ1v) is 16.2. The van der Waals surface area contributed by atoms with Gasteiger partial charge in [0.15, 0.2) is 0 Å². The lowest BCUT2D eigenvalue weighted by Crippen LogP contribution is -2.50. The maximum atomic E-state index is 13.8. The molecule has 0 fully saturated rings. The van der Waals surface area contributed by atoms with Crippen LogP contribution in [0, 0.1) is 6.92 Å². The number of carbonyl (C=O) groups is 2. The molecule has 0 saturated carbocycles. The fourth-order valence-corrected chi connectivity index (χ4v) is 6.18. The predicted molar refractivity (Wildman–Crippen MR) is 167 cm³/mol. The molecule has 0 aromatic heterocycles. The lowest BCUT2D eigenvalue weighted by molar-refractivity contribution is -0.141. The van der Waals surface area contributed by atoms with Gasteiger partial charge in [-0.2, -0.15) is 0 Å². The Kier molecular flexibility index (Phi) is 11.9. The second kappa shape index (κ2) is 14.9. The number of hydrogen-bond acceptors (Lipinski definition) is 4. The van der Waals surface area contributed by atoms with Crippen LogP contribution in [0.2, 0.25) is 15.1 Å². The van der Waals surface area contributed by atoms with Crippen molar-refractivity contribution in [2.24, 2.45) is 0 Å². The Labute approximate surface area is 257 Å². The minimum atomic E-state index is -3.66. The second-order valence-electron chi connectivity index (χ2n) is 9.68. The summed E-state index contributed by atoms with van der Waals surface area (Å²) in [7, 11) is -3.66. The third-order valence-electron chi connectivity index (χ3n) is 6.64. The number of benzene rings is 3. The van der Waals surface area contributed by atoms with Gasteiger partial charge in [-0.1, -0.05) is 77.3 Å². The van der Waals surface area contributed by atoms with E-state index in [1.54, 1.807) is 43.3 Å². The van der Waals surface area contributed by atoms with Gasteiger partial charge in [-0.25, -0.2) is 8.42 Å². The third-order valence-corrected chi connectivity index (χ3v) is 8.81. The number of hydrogen-bond donors (Lipinski definition) is 1. The van der Waals surface area contributed by atoms with E-state index in [1.807, 2.05) is 37.3 Å². The van der Waals surface area contributed by atoms with Crippen LogP contribution in [0.3, 0.4) is 0 Å². The predicted octanol–water partition coefficient (Wildman–Crippen LogP) is 6.28. The number of amides is 2. The molecule has 0 unspecified atom stereocenters. The quantitative estimate of drug-likeness (QED) is 0.239. The van der Waals surface area contributed by atoms with Crippen molar-refractivity contribution in [1.82, 2.24) is 10.2 Å². The molecule has 3 aromatic rings. The Balaban J connectivity index is 1.91. The number of rotatable bonds is 13. The van der Waals surface area contributed by atoms with E-state index in [0.29, 0.717) is 44.8 Å². The van der Waals surface area contributed by atoms with Gasteiger partial charge >= 0.3 is 0 Å². The zero-order chi connectivity index (χ0) is 30.2. The van der Waals surface area contributed by atoms with Gasteiger partial charge in [0.25, 0.3) is 0 Å². The molecule has 0 aliphatic rings. The summed E-state index contributed by atoms with van der Waals surface area (Å²) in [4.78, 5) is 28.7. The summed E-state index contributed by atoms with van der Waals surface area (Å²) in [5, 5.41) is 4.13. The Morgan fingerprint density at radius 2 is 1.66 bits per heavy atom. The number of halogens is 3. The van der Waals surface area contributed by atoms with Crippen molar-refractivity contribution in [3.05, 3.63) is 98.5 Å². The minimum absolute atomic E-state index is 0.00152. The van der Waals surface area contributed by atoms with E-state index in [2.05, 4.69) is 5.32 Å². The first kappa shape index (κ1) is 32.7. The topological polar surface area (TPSA) is 86.8 Å². The Morgan fingerprint density at radius 3 is 2.29 bits per heavy atom. The van der Waals surface area contributed by atoms with E-state index in [1.165, 1.54) is 9.21 Å². The fourth-order valence-electron chi connectivity index (χ4n) is 4.53. The molecule has 1 atom stereocenters. The first-order chi connectivity index (χ1) is 19.4. The molecule has 0 saturated heterocycles. The van der Waals surface area contributed by atoms with Crippen molar-refractivity contribution in [3.8, 4) is 0 Å². The van der Waals surface area contributed by atoms with Gasteiger partial charge in [-0.3, -0.25) is 13.9 Å². The monoisotopic (exact) mass is 637 g/mol. The van der Waals surface area contributed by atoms with Crippen LogP contribution < -0.4 is 9.62 Å². The minimum Gasteiger partial charge on any atom is -0.355 e. The lowest BCUT2D eigenvalue weighted by Gasteiger charge is -2.32. The highest BCUT2D eigenvalue weighted by Crippen LogP contribution is 2.29. The lowest BCUT2D eigenvalue weighted by atomic mass is 10.0. The van der Waals surface area contributed by atoms with Crippen molar-refractivity contribution in [3.63, 3.8) is 0 Å². The summed E-state index contributed by atoms with van der Waals surface area (Å²) in [5.41, 5.74) is 2.62. The number of likely N-dealkylation sites (N-methyl/N-ethyl adjacent to an activating group) is 1. The molecule has 220 valence electrons. The molecular formula is C30H34Cl3N3O4S. The molecule has 3 aromatic carbocycles. The van der Waals surface area contributed by atoms with Crippen LogP contribution >= 0.6 is 34.8 Å². The van der Waals surface area contributed by atoms with Gasteiger partial charge in [0, 0.05) is 47.5 Å². The average Bonchev–Trinajstić information content (AvgIpc) is 2.91.